The van der Waals surface area contributed by atoms with Crippen LogP contribution in [0.5, 0.6) is 5.75 Å². The van der Waals surface area contributed by atoms with E-state index in [-0.39, 0.29) is 11.0 Å². The largest absolute Gasteiger partial charge is 0.507 e. The van der Waals surface area contributed by atoms with Gasteiger partial charge in [0.15, 0.2) is 0 Å². The molecule has 116 valence electrons. The molecule has 8 heteroatoms. The Hall–Kier alpha value is -1.64. The molecule has 2 rings (SSSR count). The van der Waals surface area contributed by atoms with Crippen molar-refractivity contribution >= 4 is 16.0 Å². The van der Waals surface area contributed by atoms with Crippen LogP contribution in [0, 0.1) is 0 Å². The van der Waals surface area contributed by atoms with Gasteiger partial charge < -0.3 is 14.9 Å². The second-order valence-electron chi connectivity index (χ2n) is 4.82. The number of rotatable bonds is 4. The number of phenols is 1. The molecule has 1 aromatic carbocycles. The van der Waals surface area contributed by atoms with Gasteiger partial charge in [0.25, 0.3) is 0 Å². The minimum absolute atomic E-state index is 0.0471. The molecule has 1 aliphatic heterocycles. The molecule has 0 radical (unpaired) electrons. The summed E-state index contributed by atoms with van der Waals surface area (Å²) in [7, 11) is -2.17. The lowest BCUT2D eigenvalue weighted by atomic mass is 10.1. The Bertz CT molecular complexity index is 634. The van der Waals surface area contributed by atoms with Gasteiger partial charge in [-0.1, -0.05) is 0 Å². The highest BCUT2D eigenvalue weighted by molar-refractivity contribution is 7.89. The predicted octanol–water partition coefficient (Wildman–Crippen LogP) is 0.890. The SMILES string of the molecule is COC1CCN(S(=O)(=O)c2ccc(O)c(C(=O)O)c2)CC1. The number of carboxylic acids is 1. The molecule has 0 saturated carbocycles. The van der Waals surface area contributed by atoms with E-state index in [2.05, 4.69) is 0 Å². The second kappa shape index (κ2) is 6.00. The van der Waals surface area contributed by atoms with Crippen LogP contribution in [0.4, 0.5) is 0 Å². The van der Waals surface area contributed by atoms with E-state index in [1.54, 1.807) is 7.11 Å². The van der Waals surface area contributed by atoms with Crippen LogP contribution < -0.4 is 0 Å². The van der Waals surface area contributed by atoms with E-state index in [9.17, 15) is 18.3 Å². The molecule has 1 aromatic rings. The number of hydrogen-bond donors (Lipinski definition) is 2. The van der Waals surface area contributed by atoms with Gasteiger partial charge >= 0.3 is 5.97 Å². The third kappa shape index (κ3) is 3.17. The number of carboxylic acid groups (broad SMARTS) is 1. The van der Waals surface area contributed by atoms with Crippen molar-refractivity contribution in [3.63, 3.8) is 0 Å². The van der Waals surface area contributed by atoms with E-state index in [0.717, 1.165) is 12.1 Å². The lowest BCUT2D eigenvalue weighted by molar-refractivity contribution is 0.0604. The summed E-state index contributed by atoms with van der Waals surface area (Å²) in [6.45, 7) is 0.647. The summed E-state index contributed by atoms with van der Waals surface area (Å²) in [6.07, 6.45) is 1.24. The Morgan fingerprint density at radius 2 is 1.95 bits per heavy atom. The van der Waals surface area contributed by atoms with E-state index in [4.69, 9.17) is 9.84 Å². The van der Waals surface area contributed by atoms with Crippen LogP contribution in [-0.2, 0) is 14.8 Å². The summed E-state index contributed by atoms with van der Waals surface area (Å²) >= 11 is 0. The molecule has 2 N–H and O–H groups in total. The molecular weight excluding hydrogens is 298 g/mol. The first-order valence-electron chi connectivity index (χ1n) is 6.45. The van der Waals surface area contributed by atoms with Crippen LogP contribution in [0.2, 0.25) is 0 Å². The number of aromatic carboxylic acids is 1. The number of aromatic hydroxyl groups is 1. The van der Waals surface area contributed by atoms with Crippen LogP contribution >= 0.6 is 0 Å². The van der Waals surface area contributed by atoms with Crippen molar-refractivity contribution in [2.75, 3.05) is 20.2 Å². The first kappa shape index (κ1) is 15.7. The molecular formula is C13H17NO6S. The highest BCUT2D eigenvalue weighted by atomic mass is 32.2. The third-order valence-corrected chi connectivity index (χ3v) is 5.47. The van der Waals surface area contributed by atoms with Crippen molar-refractivity contribution in [2.24, 2.45) is 0 Å². The van der Waals surface area contributed by atoms with Gasteiger partial charge in [-0.2, -0.15) is 4.31 Å². The Morgan fingerprint density at radius 1 is 1.33 bits per heavy atom. The Morgan fingerprint density at radius 3 is 2.48 bits per heavy atom. The summed E-state index contributed by atoms with van der Waals surface area (Å²) in [5.74, 6) is -1.83. The van der Waals surface area contributed by atoms with Crippen molar-refractivity contribution in [2.45, 2.75) is 23.8 Å². The quantitative estimate of drug-likeness (QED) is 0.855. The van der Waals surface area contributed by atoms with Gasteiger partial charge in [-0.05, 0) is 31.0 Å². The molecule has 0 aromatic heterocycles. The standard InChI is InChI=1S/C13H17NO6S/c1-20-9-4-6-14(7-5-9)21(18,19)10-2-3-12(15)11(8-10)13(16)17/h2-3,8-9,15H,4-7H2,1H3,(H,16,17). The number of hydrogen-bond acceptors (Lipinski definition) is 5. The summed E-state index contributed by atoms with van der Waals surface area (Å²) in [4.78, 5) is 10.8. The number of methoxy groups -OCH3 is 1. The summed E-state index contributed by atoms with van der Waals surface area (Å²) in [5, 5.41) is 18.4. The second-order valence-corrected chi connectivity index (χ2v) is 6.76. The third-order valence-electron chi connectivity index (χ3n) is 3.57. The molecule has 1 heterocycles. The number of sulfonamides is 1. The fourth-order valence-corrected chi connectivity index (χ4v) is 3.80. The van der Waals surface area contributed by atoms with Gasteiger partial charge in [-0.25, -0.2) is 13.2 Å². The van der Waals surface area contributed by atoms with Crippen molar-refractivity contribution in [1.82, 2.24) is 4.31 Å². The monoisotopic (exact) mass is 315 g/mol. The van der Waals surface area contributed by atoms with Gasteiger partial charge in [0.2, 0.25) is 10.0 Å². The smallest absolute Gasteiger partial charge is 0.339 e. The maximum absolute atomic E-state index is 12.5. The zero-order chi connectivity index (χ0) is 15.6. The maximum atomic E-state index is 12.5. The molecule has 0 spiro atoms. The van der Waals surface area contributed by atoms with Gasteiger partial charge in [0.05, 0.1) is 11.0 Å². The molecule has 7 nitrogen and oxygen atoms in total. The minimum Gasteiger partial charge on any atom is -0.507 e. The zero-order valence-electron chi connectivity index (χ0n) is 11.5. The summed E-state index contributed by atoms with van der Waals surface area (Å²) in [6, 6.07) is 3.27. The normalized spacial score (nSPS) is 17.8. The molecule has 1 saturated heterocycles. The van der Waals surface area contributed by atoms with Gasteiger partial charge in [0.1, 0.15) is 11.3 Å². The minimum atomic E-state index is -3.76. The first-order valence-corrected chi connectivity index (χ1v) is 7.89. The van der Waals surface area contributed by atoms with Gasteiger partial charge in [-0.3, -0.25) is 0 Å². The highest BCUT2D eigenvalue weighted by Crippen LogP contribution is 2.26. The Kier molecular flexibility index (Phi) is 4.50. The highest BCUT2D eigenvalue weighted by Gasteiger charge is 2.30. The van der Waals surface area contributed by atoms with Crippen molar-refractivity contribution in [1.29, 1.82) is 0 Å². The van der Waals surface area contributed by atoms with Crippen LogP contribution in [0.3, 0.4) is 0 Å². The number of nitrogens with zero attached hydrogens (tertiary/aromatic N) is 1. The molecule has 0 aliphatic carbocycles. The number of piperidine rings is 1. The van der Waals surface area contributed by atoms with Crippen LogP contribution in [0.25, 0.3) is 0 Å². The van der Waals surface area contributed by atoms with Crippen molar-refractivity contribution in [3.8, 4) is 5.75 Å². The van der Waals surface area contributed by atoms with Crippen molar-refractivity contribution < 1.29 is 28.2 Å². The van der Waals surface area contributed by atoms with Crippen LogP contribution in [-0.4, -0.2) is 55.2 Å². The van der Waals surface area contributed by atoms with Gasteiger partial charge in [0, 0.05) is 20.2 Å². The van der Waals surface area contributed by atoms with Crippen LogP contribution in [0.15, 0.2) is 23.1 Å². The van der Waals surface area contributed by atoms with E-state index >= 15 is 0 Å². The molecule has 0 bridgehead atoms. The number of benzene rings is 1. The maximum Gasteiger partial charge on any atom is 0.339 e. The lowest BCUT2D eigenvalue weighted by Crippen LogP contribution is -2.40. The van der Waals surface area contributed by atoms with E-state index in [1.807, 2.05) is 0 Å². The molecule has 1 fully saturated rings. The van der Waals surface area contributed by atoms with Crippen LogP contribution in [0.1, 0.15) is 23.2 Å². The Balaban J connectivity index is 2.28. The Labute approximate surface area is 122 Å². The molecule has 0 unspecified atom stereocenters. The predicted molar refractivity (Wildman–Crippen MR) is 73.9 cm³/mol. The summed E-state index contributed by atoms with van der Waals surface area (Å²) in [5.41, 5.74) is -0.428. The topological polar surface area (TPSA) is 104 Å². The van der Waals surface area contributed by atoms with E-state index < -0.39 is 27.3 Å². The first-order chi connectivity index (χ1) is 9.86. The van der Waals surface area contributed by atoms with E-state index in [1.165, 1.54) is 10.4 Å². The fraction of sp³-hybridized carbons (Fsp3) is 0.462. The van der Waals surface area contributed by atoms with Gasteiger partial charge in [-0.15, -0.1) is 0 Å². The van der Waals surface area contributed by atoms with E-state index in [0.29, 0.717) is 25.9 Å². The molecule has 21 heavy (non-hydrogen) atoms. The van der Waals surface area contributed by atoms with Crippen molar-refractivity contribution in [3.05, 3.63) is 23.8 Å². The summed E-state index contributed by atoms with van der Waals surface area (Å²) < 4.78 is 31.5. The zero-order valence-corrected chi connectivity index (χ0v) is 12.3. The average Bonchev–Trinajstić information content (AvgIpc) is 2.47. The molecule has 1 aliphatic rings. The number of ether oxygens (including phenoxy) is 1. The number of carbonyl (C=O) groups is 1. The average molecular weight is 315 g/mol. The fourth-order valence-electron chi connectivity index (χ4n) is 2.30. The lowest BCUT2D eigenvalue weighted by Gasteiger charge is -2.30. The molecule has 0 amide bonds. The molecule has 0 atom stereocenters.